The van der Waals surface area contributed by atoms with Crippen molar-refractivity contribution in [3.63, 3.8) is 0 Å². The van der Waals surface area contributed by atoms with Crippen LogP contribution in [0.2, 0.25) is 0 Å². The Hall–Kier alpha value is -3.49. The van der Waals surface area contributed by atoms with Crippen LogP contribution in [-0.4, -0.2) is 28.6 Å². The molecule has 3 aromatic rings. The first-order valence-corrected chi connectivity index (χ1v) is 9.95. The summed E-state index contributed by atoms with van der Waals surface area (Å²) in [5, 5.41) is 11.9. The molecule has 8 heteroatoms. The highest BCUT2D eigenvalue weighted by atomic mass is 32.1. The highest BCUT2D eigenvalue weighted by molar-refractivity contribution is 7.59. The van der Waals surface area contributed by atoms with Crippen molar-refractivity contribution in [3.05, 3.63) is 95.1 Å². The lowest BCUT2D eigenvalue weighted by molar-refractivity contribution is 0.0705. The zero-order chi connectivity index (χ0) is 21.8. The minimum atomic E-state index is -0.624. The second-order valence-corrected chi connectivity index (χ2v) is 7.46. The largest absolute Gasteiger partial charge is 0.483 e. The van der Waals surface area contributed by atoms with E-state index in [9.17, 15) is 9.59 Å². The highest BCUT2D eigenvalue weighted by Crippen LogP contribution is 2.32. The molecule has 1 atom stereocenters. The Balaban J connectivity index is 0.00000289. The molecule has 1 heterocycles. The van der Waals surface area contributed by atoms with Gasteiger partial charge in [0, 0.05) is 16.8 Å². The Morgan fingerprint density at radius 2 is 1.75 bits per heavy atom. The third-order valence-corrected chi connectivity index (χ3v) is 5.21. The molecule has 0 saturated carbocycles. The lowest BCUT2D eigenvalue weighted by Crippen LogP contribution is -2.37. The second-order valence-electron chi connectivity index (χ2n) is 7.46. The average Bonchev–Trinajstić information content (AvgIpc) is 3.00. The molecule has 7 nitrogen and oxygen atoms in total. The maximum atomic E-state index is 13.1. The molecule has 1 aliphatic heterocycles. The van der Waals surface area contributed by atoms with Gasteiger partial charge >= 0.3 is 6.03 Å². The minimum absolute atomic E-state index is 0. The van der Waals surface area contributed by atoms with Gasteiger partial charge in [0.15, 0.2) is 0 Å². The van der Waals surface area contributed by atoms with Crippen LogP contribution in [0.15, 0.2) is 72.8 Å². The van der Waals surface area contributed by atoms with E-state index >= 15 is 0 Å². The number of anilines is 1. The maximum absolute atomic E-state index is 13.1. The number of benzene rings is 3. The van der Waals surface area contributed by atoms with E-state index in [-0.39, 0.29) is 25.1 Å². The van der Waals surface area contributed by atoms with Gasteiger partial charge in [-0.1, -0.05) is 54.1 Å². The molecule has 3 aromatic carbocycles. The van der Waals surface area contributed by atoms with Gasteiger partial charge < -0.3 is 15.0 Å². The van der Waals surface area contributed by atoms with Crippen LogP contribution in [0.3, 0.4) is 0 Å². The van der Waals surface area contributed by atoms with E-state index in [0.717, 1.165) is 16.7 Å². The van der Waals surface area contributed by atoms with E-state index in [1.54, 1.807) is 28.6 Å². The Morgan fingerprint density at radius 1 is 1.03 bits per heavy atom. The van der Waals surface area contributed by atoms with E-state index < -0.39 is 12.0 Å². The number of fused-ring (bicyclic) bond motifs is 1. The molecule has 3 N–H and O–H groups in total. The van der Waals surface area contributed by atoms with E-state index in [0.29, 0.717) is 24.5 Å². The number of rotatable bonds is 3. The van der Waals surface area contributed by atoms with E-state index in [4.69, 9.17) is 9.94 Å². The molecule has 0 aromatic heterocycles. The molecule has 1 aliphatic rings. The van der Waals surface area contributed by atoms with Gasteiger partial charge in [0.05, 0.1) is 13.1 Å². The fourth-order valence-corrected chi connectivity index (χ4v) is 3.50. The van der Waals surface area contributed by atoms with Crippen LogP contribution in [0.25, 0.3) is 0 Å². The zero-order valence-corrected chi connectivity index (χ0v) is 18.5. The summed E-state index contributed by atoms with van der Waals surface area (Å²) in [5.41, 5.74) is 5.42. The molecule has 0 fully saturated rings. The van der Waals surface area contributed by atoms with Crippen LogP contribution in [-0.2, 0) is 6.54 Å². The van der Waals surface area contributed by atoms with Crippen LogP contribution in [0.1, 0.15) is 33.2 Å². The zero-order valence-electron chi connectivity index (χ0n) is 17.5. The monoisotopic (exact) mass is 451 g/mol. The van der Waals surface area contributed by atoms with Crippen LogP contribution >= 0.6 is 13.5 Å². The molecule has 3 amide bonds. The molecule has 0 saturated heterocycles. The number of aryl methyl sites for hydroxylation is 1. The number of nitrogens with one attached hydrogen (secondary N) is 2. The Labute approximate surface area is 193 Å². The van der Waals surface area contributed by atoms with Crippen LogP contribution in [0, 0.1) is 6.92 Å². The number of hydroxylamine groups is 1. The van der Waals surface area contributed by atoms with Crippen molar-refractivity contribution in [2.75, 3.05) is 11.9 Å². The summed E-state index contributed by atoms with van der Waals surface area (Å²) in [4.78, 5) is 26.6. The van der Waals surface area contributed by atoms with Crippen molar-refractivity contribution in [2.24, 2.45) is 0 Å². The molecule has 0 radical (unpaired) electrons. The number of urea groups is 1. The standard InChI is InChI=1S/C24H23N3O4.H2S/c1-16-7-11-20(12-8-16)25-24(29)27-14-19-10-9-18(23(28)26-30)13-21(19)31-22(15-27)17-5-3-2-4-6-17;/h2-13,22,30H,14-15H2,1H3,(H,25,29)(H,26,28);1H2/t22-;/m1./s1. The second kappa shape index (κ2) is 10.2. The normalized spacial score (nSPS) is 14.8. The van der Waals surface area contributed by atoms with Gasteiger partial charge in [0.25, 0.3) is 5.91 Å². The fourth-order valence-electron chi connectivity index (χ4n) is 3.50. The van der Waals surface area contributed by atoms with E-state index in [1.165, 1.54) is 0 Å². The number of carbonyl (C=O) groups excluding carboxylic acids is 2. The number of hydrogen-bond acceptors (Lipinski definition) is 4. The minimum Gasteiger partial charge on any atom is -0.483 e. The molecule has 0 spiro atoms. The van der Waals surface area contributed by atoms with Gasteiger partial charge in [-0.25, -0.2) is 10.3 Å². The smallest absolute Gasteiger partial charge is 0.322 e. The van der Waals surface area contributed by atoms with Gasteiger partial charge in [-0.15, -0.1) is 0 Å². The van der Waals surface area contributed by atoms with E-state index in [1.807, 2.05) is 61.5 Å². The summed E-state index contributed by atoms with van der Waals surface area (Å²) >= 11 is 0. The maximum Gasteiger partial charge on any atom is 0.322 e. The summed E-state index contributed by atoms with van der Waals surface area (Å²) in [7, 11) is 0. The summed E-state index contributed by atoms with van der Waals surface area (Å²) in [6.45, 7) is 2.64. The first-order chi connectivity index (χ1) is 15.0. The Kier molecular flexibility index (Phi) is 7.40. The molecular weight excluding hydrogens is 426 g/mol. The van der Waals surface area contributed by atoms with Gasteiger partial charge in [-0.05, 0) is 36.8 Å². The van der Waals surface area contributed by atoms with Gasteiger partial charge in [-0.2, -0.15) is 13.5 Å². The van der Waals surface area contributed by atoms with Crippen LogP contribution < -0.4 is 15.5 Å². The van der Waals surface area contributed by atoms with Crippen LogP contribution in [0.5, 0.6) is 5.75 Å². The third-order valence-electron chi connectivity index (χ3n) is 5.21. The molecule has 0 bridgehead atoms. The van der Waals surface area contributed by atoms with Gasteiger partial charge in [0.2, 0.25) is 0 Å². The number of nitrogens with zero attached hydrogens (tertiary/aromatic N) is 1. The molecule has 4 rings (SSSR count). The predicted octanol–water partition coefficient (Wildman–Crippen LogP) is 4.39. The molecule has 32 heavy (non-hydrogen) atoms. The van der Waals surface area contributed by atoms with Crippen molar-refractivity contribution >= 4 is 31.1 Å². The van der Waals surface area contributed by atoms with Crippen molar-refractivity contribution in [3.8, 4) is 5.75 Å². The molecule has 0 unspecified atom stereocenters. The van der Waals surface area contributed by atoms with Crippen molar-refractivity contribution in [2.45, 2.75) is 19.6 Å². The Bertz CT molecular complexity index is 1090. The average molecular weight is 452 g/mol. The SMILES string of the molecule is Cc1ccc(NC(=O)N2Cc3ccc(C(=O)NO)cc3O[C@@H](c3ccccc3)C2)cc1.S. The molecule has 166 valence electrons. The molecule has 0 aliphatic carbocycles. The fraction of sp³-hybridized carbons (Fsp3) is 0.167. The van der Waals surface area contributed by atoms with Crippen molar-refractivity contribution in [1.29, 1.82) is 0 Å². The number of ether oxygens (including phenoxy) is 1. The summed E-state index contributed by atoms with van der Waals surface area (Å²) < 4.78 is 6.24. The first kappa shape index (κ1) is 23.2. The predicted molar refractivity (Wildman–Crippen MR) is 126 cm³/mol. The summed E-state index contributed by atoms with van der Waals surface area (Å²) in [5.74, 6) is -0.124. The highest BCUT2D eigenvalue weighted by Gasteiger charge is 2.28. The summed E-state index contributed by atoms with van der Waals surface area (Å²) in [6.07, 6.45) is -0.418. The number of amides is 3. The van der Waals surface area contributed by atoms with Crippen molar-refractivity contribution in [1.82, 2.24) is 10.4 Å². The number of hydrogen-bond donors (Lipinski definition) is 3. The van der Waals surface area contributed by atoms with Gasteiger partial charge in [-0.3, -0.25) is 10.0 Å². The topological polar surface area (TPSA) is 90.9 Å². The lowest BCUT2D eigenvalue weighted by Gasteiger charge is -2.24. The molecular formula is C24H25N3O4S. The quantitative estimate of drug-likeness (QED) is 0.407. The summed E-state index contributed by atoms with van der Waals surface area (Å²) in [6, 6.07) is 21.9. The van der Waals surface area contributed by atoms with E-state index in [2.05, 4.69) is 5.32 Å². The number of carbonyl (C=O) groups is 2. The third kappa shape index (κ3) is 5.22. The van der Waals surface area contributed by atoms with Gasteiger partial charge in [0.1, 0.15) is 11.9 Å². The van der Waals surface area contributed by atoms with Crippen molar-refractivity contribution < 1.29 is 19.5 Å². The first-order valence-electron chi connectivity index (χ1n) is 9.95. The lowest BCUT2D eigenvalue weighted by atomic mass is 10.1. The Morgan fingerprint density at radius 3 is 2.44 bits per heavy atom. The van der Waals surface area contributed by atoms with Crippen LogP contribution in [0.4, 0.5) is 10.5 Å².